The average molecular weight is 377 g/mol. The van der Waals surface area contributed by atoms with E-state index in [-0.39, 0.29) is 5.91 Å². The first-order valence-corrected chi connectivity index (χ1v) is 9.31. The third-order valence-corrected chi connectivity index (χ3v) is 5.15. The number of nitrogens with zero attached hydrogens (tertiary/aromatic N) is 4. The summed E-state index contributed by atoms with van der Waals surface area (Å²) in [7, 11) is 0. The molecule has 0 bridgehead atoms. The maximum atomic E-state index is 12.1. The Hall–Kier alpha value is -2.16. The highest BCUT2D eigenvalue weighted by molar-refractivity contribution is 7.15. The number of carbonyl (C=O) groups excluding carboxylic acids is 1. The Morgan fingerprint density at radius 3 is 3.32 bits per heavy atom. The summed E-state index contributed by atoms with van der Waals surface area (Å²) in [5.74, 6) is -0.236. The Morgan fingerprint density at radius 1 is 1.56 bits per heavy atom. The quantitative estimate of drug-likeness (QED) is 0.671. The van der Waals surface area contributed by atoms with Gasteiger partial charge < -0.3 is 10.6 Å². The van der Waals surface area contributed by atoms with Crippen LogP contribution in [0.5, 0.6) is 0 Å². The van der Waals surface area contributed by atoms with Gasteiger partial charge in [0.2, 0.25) is 5.91 Å². The first-order valence-electron chi connectivity index (χ1n) is 8.05. The smallest absolute Gasteiger partial charge is 0.248 e. The number of anilines is 1. The van der Waals surface area contributed by atoms with E-state index in [1.165, 1.54) is 23.8 Å². The molecule has 25 heavy (non-hydrogen) atoms. The molecule has 1 fully saturated rings. The molecule has 3 aromatic heterocycles. The molecule has 9 heteroatoms. The van der Waals surface area contributed by atoms with Gasteiger partial charge in [-0.25, -0.2) is 4.98 Å². The molecule has 1 aliphatic rings. The summed E-state index contributed by atoms with van der Waals surface area (Å²) in [6, 6.07) is 0.459. The van der Waals surface area contributed by atoms with E-state index in [0.717, 1.165) is 24.5 Å². The Morgan fingerprint density at radius 2 is 2.48 bits per heavy atom. The number of hydrogen-bond acceptors (Lipinski definition) is 5. The minimum atomic E-state index is -0.236. The van der Waals surface area contributed by atoms with E-state index < -0.39 is 0 Å². The second-order valence-electron chi connectivity index (χ2n) is 5.91. The van der Waals surface area contributed by atoms with Crippen molar-refractivity contribution in [1.82, 2.24) is 24.5 Å². The van der Waals surface area contributed by atoms with E-state index in [9.17, 15) is 4.79 Å². The Balaban J connectivity index is 1.39. The van der Waals surface area contributed by atoms with Crippen molar-refractivity contribution in [3.8, 4) is 0 Å². The normalized spacial score (nSPS) is 17.7. The fourth-order valence-corrected chi connectivity index (χ4v) is 3.94. The zero-order chi connectivity index (χ0) is 17.2. The van der Waals surface area contributed by atoms with Crippen LogP contribution >= 0.6 is 22.9 Å². The number of imidazole rings is 1. The molecule has 7 nitrogen and oxygen atoms in total. The van der Waals surface area contributed by atoms with E-state index in [1.54, 1.807) is 12.3 Å². The minimum Gasteiger partial charge on any atom is -0.320 e. The van der Waals surface area contributed by atoms with E-state index in [4.69, 9.17) is 11.6 Å². The highest BCUT2D eigenvalue weighted by atomic mass is 35.5. The van der Waals surface area contributed by atoms with Crippen molar-refractivity contribution in [3.05, 3.63) is 40.9 Å². The molecule has 0 aromatic carbocycles. The third-order valence-electron chi connectivity index (χ3n) is 4.12. The molecule has 0 radical (unpaired) electrons. The van der Waals surface area contributed by atoms with Crippen molar-refractivity contribution in [2.75, 3.05) is 11.9 Å². The van der Waals surface area contributed by atoms with Crippen LogP contribution in [0.2, 0.25) is 5.15 Å². The summed E-state index contributed by atoms with van der Waals surface area (Å²) >= 11 is 7.60. The van der Waals surface area contributed by atoms with Crippen molar-refractivity contribution in [3.63, 3.8) is 0 Å². The summed E-state index contributed by atoms with van der Waals surface area (Å²) < 4.78 is 3.70. The molecular formula is C16H17ClN6OS. The van der Waals surface area contributed by atoms with Crippen molar-refractivity contribution in [2.24, 2.45) is 0 Å². The van der Waals surface area contributed by atoms with Crippen LogP contribution in [0.1, 0.15) is 18.5 Å². The van der Waals surface area contributed by atoms with Gasteiger partial charge in [0.1, 0.15) is 0 Å². The second-order valence-corrected chi connectivity index (χ2v) is 7.14. The molecular weight excluding hydrogens is 360 g/mol. The van der Waals surface area contributed by atoms with Crippen LogP contribution in [0.15, 0.2) is 30.0 Å². The summed E-state index contributed by atoms with van der Waals surface area (Å²) in [5.41, 5.74) is 1.36. The number of thiazole rings is 1. The first kappa shape index (κ1) is 16.3. The summed E-state index contributed by atoms with van der Waals surface area (Å²) in [6.07, 6.45) is 10.8. The molecule has 0 spiro atoms. The number of fused-ring (bicyclic) bond motifs is 1. The Kier molecular flexibility index (Phi) is 4.56. The van der Waals surface area contributed by atoms with Crippen molar-refractivity contribution in [1.29, 1.82) is 0 Å². The van der Waals surface area contributed by atoms with Crippen LogP contribution in [0.25, 0.3) is 11.0 Å². The number of hydrogen-bond donors (Lipinski definition) is 2. The Bertz CT molecular complexity index is 920. The van der Waals surface area contributed by atoms with Gasteiger partial charge in [-0.2, -0.15) is 5.10 Å². The molecule has 2 N–H and O–H groups in total. The summed E-state index contributed by atoms with van der Waals surface area (Å²) in [5, 5.41) is 12.8. The molecule has 0 saturated carbocycles. The second kappa shape index (κ2) is 6.99. The van der Waals surface area contributed by atoms with Crippen LogP contribution in [-0.2, 0) is 11.3 Å². The van der Waals surface area contributed by atoms with Gasteiger partial charge in [0, 0.05) is 29.9 Å². The monoisotopic (exact) mass is 376 g/mol. The molecule has 0 aliphatic carbocycles. The number of carbonyl (C=O) groups is 1. The fourth-order valence-electron chi connectivity index (χ4n) is 2.93. The van der Waals surface area contributed by atoms with E-state index in [0.29, 0.717) is 22.6 Å². The van der Waals surface area contributed by atoms with Gasteiger partial charge in [0.05, 0.1) is 24.1 Å². The van der Waals surface area contributed by atoms with Crippen LogP contribution in [0.3, 0.4) is 0 Å². The van der Waals surface area contributed by atoms with Crippen LogP contribution in [0, 0.1) is 0 Å². The average Bonchev–Trinajstić information content (AvgIpc) is 3.33. The number of aromatic nitrogens is 4. The molecule has 130 valence electrons. The van der Waals surface area contributed by atoms with Crippen molar-refractivity contribution in [2.45, 2.75) is 25.4 Å². The Labute approximate surface area is 153 Å². The molecule has 1 saturated heterocycles. The van der Waals surface area contributed by atoms with Gasteiger partial charge in [0.25, 0.3) is 0 Å². The van der Waals surface area contributed by atoms with Crippen molar-refractivity contribution < 1.29 is 4.79 Å². The number of amides is 1. The van der Waals surface area contributed by atoms with E-state index >= 15 is 0 Å². The predicted octanol–water partition coefficient (Wildman–Crippen LogP) is 2.65. The SMILES string of the molecule is O=C(/C=C/c1c(Cl)nc2sccn12)Nc1cnn(CC2CCCN2)c1. The maximum Gasteiger partial charge on any atom is 0.248 e. The van der Waals surface area contributed by atoms with Gasteiger partial charge in [-0.15, -0.1) is 11.3 Å². The lowest BCUT2D eigenvalue weighted by Gasteiger charge is -2.09. The van der Waals surface area contributed by atoms with Crippen molar-refractivity contribution >= 4 is 45.6 Å². The van der Waals surface area contributed by atoms with Gasteiger partial charge in [-0.1, -0.05) is 11.6 Å². The number of rotatable bonds is 5. The zero-order valence-electron chi connectivity index (χ0n) is 13.4. The topological polar surface area (TPSA) is 76.2 Å². The molecule has 3 aromatic rings. The first-order chi connectivity index (χ1) is 12.2. The summed E-state index contributed by atoms with van der Waals surface area (Å²) in [4.78, 5) is 17.2. The van der Waals surface area contributed by atoms with Gasteiger partial charge in [-0.3, -0.25) is 13.9 Å². The molecule has 1 atom stereocenters. The zero-order valence-corrected chi connectivity index (χ0v) is 14.9. The third kappa shape index (κ3) is 3.60. The number of halogens is 1. The molecule has 1 unspecified atom stereocenters. The van der Waals surface area contributed by atoms with Crippen LogP contribution in [-0.4, -0.2) is 37.7 Å². The standard InChI is InChI=1S/C16H17ClN6OS/c17-15-13(23-6-7-25-16(23)21-15)3-4-14(24)20-12-8-19-22(10-12)9-11-2-1-5-18-11/h3-4,6-8,10-11,18H,1-2,5,9H2,(H,20,24)/b4-3+. The highest BCUT2D eigenvalue weighted by Crippen LogP contribution is 2.22. The van der Waals surface area contributed by atoms with Gasteiger partial charge in [-0.05, 0) is 25.5 Å². The van der Waals surface area contributed by atoms with E-state index in [1.807, 2.05) is 26.9 Å². The molecule has 1 amide bonds. The predicted molar refractivity (Wildman–Crippen MR) is 99.0 cm³/mol. The highest BCUT2D eigenvalue weighted by Gasteiger charge is 2.15. The molecule has 1 aliphatic heterocycles. The van der Waals surface area contributed by atoms with Crippen LogP contribution < -0.4 is 10.6 Å². The maximum absolute atomic E-state index is 12.1. The molecule has 4 rings (SSSR count). The fraction of sp³-hybridized carbons (Fsp3) is 0.312. The van der Waals surface area contributed by atoms with E-state index in [2.05, 4.69) is 20.7 Å². The largest absolute Gasteiger partial charge is 0.320 e. The van der Waals surface area contributed by atoms with Gasteiger partial charge >= 0.3 is 0 Å². The minimum absolute atomic E-state index is 0.236. The number of nitrogens with one attached hydrogen (secondary N) is 2. The molecule has 4 heterocycles. The lowest BCUT2D eigenvalue weighted by molar-refractivity contribution is -0.111. The lowest BCUT2D eigenvalue weighted by Crippen LogP contribution is -2.26. The van der Waals surface area contributed by atoms with Crippen LogP contribution in [0.4, 0.5) is 5.69 Å². The summed E-state index contributed by atoms with van der Waals surface area (Å²) in [6.45, 7) is 1.88. The van der Waals surface area contributed by atoms with Gasteiger partial charge in [0.15, 0.2) is 10.1 Å². The lowest BCUT2D eigenvalue weighted by atomic mass is 10.2.